The fourth-order valence-corrected chi connectivity index (χ4v) is 6.04. The highest BCUT2D eigenvalue weighted by molar-refractivity contribution is 7.89. The minimum atomic E-state index is -3.82. The van der Waals surface area contributed by atoms with E-state index in [0.717, 1.165) is 6.07 Å². The van der Waals surface area contributed by atoms with E-state index in [9.17, 15) is 22.4 Å². The molecule has 3 aliphatic heterocycles. The van der Waals surface area contributed by atoms with Gasteiger partial charge >= 0.3 is 6.03 Å². The molecule has 0 aliphatic carbocycles. The van der Waals surface area contributed by atoms with Crippen molar-refractivity contribution in [1.29, 1.82) is 0 Å². The fourth-order valence-electron chi connectivity index (χ4n) is 4.59. The molecule has 9 nitrogen and oxygen atoms in total. The molecule has 2 fully saturated rings. The summed E-state index contributed by atoms with van der Waals surface area (Å²) in [6, 6.07) is 11.6. The molecule has 174 valence electrons. The first-order valence-corrected chi connectivity index (χ1v) is 12.1. The summed E-state index contributed by atoms with van der Waals surface area (Å²) >= 11 is 0. The number of fused-ring (bicyclic) bond motifs is 2. The maximum absolute atomic E-state index is 13.5. The van der Waals surface area contributed by atoms with Crippen molar-refractivity contribution in [3.8, 4) is 5.75 Å². The van der Waals surface area contributed by atoms with Gasteiger partial charge in [-0.2, -0.15) is 4.31 Å². The summed E-state index contributed by atoms with van der Waals surface area (Å²) in [5.41, 5.74) is -0.503. The molecule has 2 aromatic carbocycles. The number of hydrogen-bond acceptors (Lipinski definition) is 6. The van der Waals surface area contributed by atoms with Crippen LogP contribution in [0.4, 0.5) is 9.18 Å². The number of urea groups is 1. The van der Waals surface area contributed by atoms with Crippen LogP contribution < -0.4 is 10.1 Å². The van der Waals surface area contributed by atoms with Crippen molar-refractivity contribution in [2.75, 3.05) is 39.5 Å². The summed E-state index contributed by atoms with van der Waals surface area (Å²) in [5.74, 6) is -0.370. The van der Waals surface area contributed by atoms with Crippen molar-refractivity contribution >= 4 is 22.0 Å². The Bertz CT molecular complexity index is 1210. The first-order chi connectivity index (χ1) is 15.8. The number of nitrogens with zero attached hydrogens (tertiary/aromatic N) is 3. The summed E-state index contributed by atoms with van der Waals surface area (Å²) < 4.78 is 46.1. The van der Waals surface area contributed by atoms with Crippen molar-refractivity contribution in [3.05, 3.63) is 59.9 Å². The molecule has 33 heavy (non-hydrogen) atoms. The van der Waals surface area contributed by atoms with Gasteiger partial charge in [-0.1, -0.05) is 24.3 Å². The van der Waals surface area contributed by atoms with Crippen LogP contribution in [0.1, 0.15) is 12.0 Å². The van der Waals surface area contributed by atoms with Crippen LogP contribution in [0.3, 0.4) is 0 Å². The lowest BCUT2D eigenvalue weighted by molar-refractivity contribution is -0.134. The SMILES string of the molecule is O=C1NC2(CCOc3ccccc32)C(=O)N1CN1CCN(S(=O)(=O)c2cccc(F)c2)CC1. The van der Waals surface area contributed by atoms with Crippen LogP contribution in [0.5, 0.6) is 5.75 Å². The number of rotatable bonds is 4. The predicted octanol–water partition coefficient (Wildman–Crippen LogP) is 1.32. The summed E-state index contributed by atoms with van der Waals surface area (Å²) in [4.78, 5) is 29.1. The van der Waals surface area contributed by atoms with Gasteiger partial charge in [0.15, 0.2) is 5.54 Å². The Morgan fingerprint density at radius 1 is 1.03 bits per heavy atom. The highest BCUT2D eigenvalue weighted by Gasteiger charge is 2.55. The molecular weight excluding hydrogens is 451 g/mol. The number of nitrogens with one attached hydrogen (secondary N) is 1. The lowest BCUT2D eigenvalue weighted by atomic mass is 9.84. The topological polar surface area (TPSA) is 99.3 Å². The monoisotopic (exact) mass is 474 g/mol. The second-order valence-corrected chi connectivity index (χ2v) is 10.2. The summed E-state index contributed by atoms with van der Waals surface area (Å²) in [5, 5.41) is 2.86. The Hall–Kier alpha value is -3.02. The largest absolute Gasteiger partial charge is 0.493 e. The van der Waals surface area contributed by atoms with Crippen LogP contribution in [-0.2, 0) is 20.4 Å². The maximum Gasteiger partial charge on any atom is 0.326 e. The molecule has 0 aromatic heterocycles. The first-order valence-electron chi connectivity index (χ1n) is 10.7. The van der Waals surface area contributed by atoms with E-state index in [4.69, 9.17) is 4.74 Å². The lowest BCUT2D eigenvalue weighted by Gasteiger charge is -2.36. The van der Waals surface area contributed by atoms with Crippen molar-refractivity contribution in [2.45, 2.75) is 16.9 Å². The quantitative estimate of drug-likeness (QED) is 0.671. The van der Waals surface area contributed by atoms with E-state index >= 15 is 0 Å². The van der Waals surface area contributed by atoms with Crippen molar-refractivity contribution in [3.63, 3.8) is 0 Å². The molecule has 0 saturated carbocycles. The zero-order chi connectivity index (χ0) is 23.2. The summed E-state index contributed by atoms with van der Waals surface area (Å²) in [7, 11) is -3.82. The molecule has 5 rings (SSSR count). The normalized spacial score (nSPS) is 24.0. The minimum Gasteiger partial charge on any atom is -0.493 e. The summed E-state index contributed by atoms with van der Waals surface area (Å²) in [6.45, 7) is 1.38. The minimum absolute atomic E-state index is 0.0588. The third-order valence-electron chi connectivity index (χ3n) is 6.36. The Balaban J connectivity index is 1.27. The molecule has 3 amide bonds. The van der Waals surface area contributed by atoms with Crippen LogP contribution in [0.15, 0.2) is 53.4 Å². The van der Waals surface area contributed by atoms with Gasteiger partial charge in [-0.05, 0) is 24.3 Å². The summed E-state index contributed by atoms with van der Waals surface area (Å²) in [6.07, 6.45) is 0.338. The number of benzene rings is 2. The third kappa shape index (κ3) is 3.65. The standard InChI is InChI=1S/C22H23FN4O5S/c23-16-4-3-5-17(14-16)33(30,31)26-11-9-25(10-12-26)15-27-20(28)22(24-21(27)29)8-13-32-19-7-2-1-6-18(19)22/h1-7,14H,8-13,15H2,(H,24,29). The molecular formula is C22H23FN4O5S. The van der Waals surface area contributed by atoms with E-state index in [-0.39, 0.29) is 30.6 Å². The van der Waals surface area contributed by atoms with E-state index in [0.29, 0.717) is 37.4 Å². The molecule has 3 heterocycles. The van der Waals surface area contributed by atoms with Gasteiger partial charge in [0.05, 0.1) is 18.2 Å². The van der Waals surface area contributed by atoms with Gasteiger partial charge in [-0.15, -0.1) is 0 Å². The van der Waals surface area contributed by atoms with Crippen LogP contribution in [-0.4, -0.2) is 73.9 Å². The van der Waals surface area contributed by atoms with E-state index < -0.39 is 27.4 Å². The Labute approximate surface area is 190 Å². The second-order valence-electron chi connectivity index (χ2n) is 8.28. The number of carbonyl (C=O) groups excluding carboxylic acids is 2. The number of hydrogen-bond donors (Lipinski definition) is 1. The van der Waals surface area contributed by atoms with E-state index in [1.54, 1.807) is 18.2 Å². The molecule has 1 spiro atoms. The molecule has 1 atom stereocenters. The predicted molar refractivity (Wildman–Crippen MR) is 115 cm³/mol. The molecule has 1 unspecified atom stereocenters. The zero-order valence-corrected chi connectivity index (χ0v) is 18.6. The number of ether oxygens (including phenoxy) is 1. The Morgan fingerprint density at radius 2 is 1.79 bits per heavy atom. The molecule has 1 N–H and O–H groups in total. The highest BCUT2D eigenvalue weighted by Crippen LogP contribution is 2.41. The molecule has 0 radical (unpaired) electrons. The Kier molecular flexibility index (Phi) is 5.34. The van der Waals surface area contributed by atoms with Gasteiger partial charge in [0.1, 0.15) is 11.6 Å². The van der Waals surface area contributed by atoms with Crippen molar-refractivity contribution in [2.24, 2.45) is 0 Å². The first kappa shape index (κ1) is 21.8. The fraction of sp³-hybridized carbons (Fsp3) is 0.364. The van der Waals surface area contributed by atoms with E-state index in [1.165, 1.54) is 27.4 Å². The maximum atomic E-state index is 13.5. The number of para-hydroxylation sites is 1. The van der Waals surface area contributed by atoms with E-state index in [2.05, 4.69) is 5.32 Å². The zero-order valence-electron chi connectivity index (χ0n) is 17.7. The van der Waals surface area contributed by atoms with Crippen molar-refractivity contribution < 1.29 is 27.1 Å². The number of piperazine rings is 1. The molecule has 2 aromatic rings. The second kappa shape index (κ2) is 8.08. The lowest BCUT2D eigenvalue weighted by Crippen LogP contribution is -2.53. The van der Waals surface area contributed by atoms with Gasteiger partial charge in [0.25, 0.3) is 5.91 Å². The van der Waals surface area contributed by atoms with Gasteiger partial charge in [0.2, 0.25) is 10.0 Å². The molecule has 11 heteroatoms. The molecule has 3 aliphatic rings. The average molecular weight is 475 g/mol. The van der Waals surface area contributed by atoms with Crippen LogP contribution in [0.25, 0.3) is 0 Å². The van der Waals surface area contributed by atoms with Gasteiger partial charge in [-0.25, -0.2) is 22.5 Å². The number of halogens is 1. The number of amides is 3. The van der Waals surface area contributed by atoms with Crippen molar-refractivity contribution in [1.82, 2.24) is 19.4 Å². The number of sulfonamides is 1. The Morgan fingerprint density at radius 3 is 2.55 bits per heavy atom. The van der Waals surface area contributed by atoms with Gasteiger partial charge in [-0.3, -0.25) is 9.69 Å². The van der Waals surface area contributed by atoms with Gasteiger partial charge < -0.3 is 10.1 Å². The molecule has 2 saturated heterocycles. The number of carbonyl (C=O) groups is 2. The molecule has 0 bridgehead atoms. The number of imide groups is 1. The van der Waals surface area contributed by atoms with Crippen LogP contribution in [0, 0.1) is 5.82 Å². The smallest absolute Gasteiger partial charge is 0.326 e. The van der Waals surface area contributed by atoms with Crippen LogP contribution >= 0.6 is 0 Å². The van der Waals surface area contributed by atoms with Gasteiger partial charge in [0, 0.05) is 38.2 Å². The highest BCUT2D eigenvalue weighted by atomic mass is 32.2. The van der Waals surface area contributed by atoms with Crippen LogP contribution in [0.2, 0.25) is 0 Å². The average Bonchev–Trinajstić information content (AvgIpc) is 3.04. The third-order valence-corrected chi connectivity index (χ3v) is 8.26. The van der Waals surface area contributed by atoms with E-state index in [1.807, 2.05) is 11.0 Å².